The number of methoxy groups -OCH3 is 1. The van der Waals surface area contributed by atoms with Crippen molar-refractivity contribution in [3.63, 3.8) is 0 Å². The second kappa shape index (κ2) is 8.69. The molecule has 8 heteroatoms. The Hall–Kier alpha value is -2.15. The number of benzene rings is 2. The predicted octanol–water partition coefficient (Wildman–Crippen LogP) is 5.13. The summed E-state index contributed by atoms with van der Waals surface area (Å²) in [5.74, 6) is 0.594. The maximum Gasteiger partial charge on any atom is 0.234 e. The average molecular weight is 422 g/mol. The summed E-state index contributed by atoms with van der Waals surface area (Å²) in [5.41, 5.74) is 2.50. The van der Waals surface area contributed by atoms with Crippen molar-refractivity contribution in [2.45, 2.75) is 5.16 Å². The molecular formula is C19H17Cl2N3O2S. The first-order chi connectivity index (χ1) is 13.0. The number of halogens is 2. The van der Waals surface area contributed by atoms with Crippen LogP contribution in [-0.2, 0) is 11.8 Å². The van der Waals surface area contributed by atoms with Gasteiger partial charge < -0.3 is 14.6 Å². The van der Waals surface area contributed by atoms with Crippen LogP contribution in [0.1, 0.15) is 0 Å². The topological polar surface area (TPSA) is 56.1 Å². The van der Waals surface area contributed by atoms with Crippen LogP contribution in [-0.4, -0.2) is 28.3 Å². The summed E-state index contributed by atoms with van der Waals surface area (Å²) < 4.78 is 7.18. The Morgan fingerprint density at radius 2 is 1.89 bits per heavy atom. The lowest BCUT2D eigenvalue weighted by Gasteiger charge is -2.10. The molecule has 140 valence electrons. The molecule has 0 radical (unpaired) electrons. The first kappa shape index (κ1) is 19.6. The molecule has 1 aromatic heterocycles. The smallest absolute Gasteiger partial charge is 0.234 e. The maximum atomic E-state index is 12.3. The molecule has 0 bridgehead atoms. The molecule has 3 aromatic rings. The van der Waals surface area contributed by atoms with E-state index in [1.54, 1.807) is 31.5 Å². The zero-order valence-corrected chi connectivity index (χ0v) is 17.0. The molecule has 0 saturated heterocycles. The van der Waals surface area contributed by atoms with Crippen LogP contribution >= 0.6 is 35.0 Å². The molecular weight excluding hydrogens is 405 g/mol. The molecule has 27 heavy (non-hydrogen) atoms. The van der Waals surface area contributed by atoms with Gasteiger partial charge in [0.15, 0.2) is 5.16 Å². The van der Waals surface area contributed by atoms with Crippen molar-refractivity contribution in [1.82, 2.24) is 9.55 Å². The Morgan fingerprint density at radius 1 is 1.19 bits per heavy atom. The summed E-state index contributed by atoms with van der Waals surface area (Å²) in [6.45, 7) is 0. The third-order valence-electron chi connectivity index (χ3n) is 3.85. The molecule has 0 fully saturated rings. The maximum absolute atomic E-state index is 12.3. The van der Waals surface area contributed by atoms with Gasteiger partial charge in [-0.3, -0.25) is 4.79 Å². The van der Waals surface area contributed by atoms with E-state index in [-0.39, 0.29) is 11.7 Å². The monoisotopic (exact) mass is 421 g/mol. The minimum Gasteiger partial charge on any atom is -0.495 e. The van der Waals surface area contributed by atoms with Crippen LogP contribution in [0.3, 0.4) is 0 Å². The molecule has 1 heterocycles. The Balaban J connectivity index is 1.66. The normalized spacial score (nSPS) is 10.7. The second-order valence-electron chi connectivity index (χ2n) is 5.67. The number of hydrogen-bond acceptors (Lipinski definition) is 4. The number of imidazole rings is 1. The van der Waals surface area contributed by atoms with Gasteiger partial charge in [-0.15, -0.1) is 0 Å². The number of rotatable bonds is 6. The van der Waals surface area contributed by atoms with Gasteiger partial charge in [0.1, 0.15) is 5.75 Å². The van der Waals surface area contributed by atoms with Crippen molar-refractivity contribution >= 4 is 46.6 Å². The summed E-state index contributed by atoms with van der Waals surface area (Å²) >= 11 is 13.3. The number of nitrogens with zero attached hydrogens (tertiary/aromatic N) is 2. The first-order valence-corrected chi connectivity index (χ1v) is 9.76. The van der Waals surface area contributed by atoms with Crippen LogP contribution in [0.4, 0.5) is 5.69 Å². The molecule has 1 amide bonds. The van der Waals surface area contributed by atoms with Crippen LogP contribution in [0.15, 0.2) is 53.8 Å². The van der Waals surface area contributed by atoms with Gasteiger partial charge in [-0.2, -0.15) is 0 Å². The molecule has 2 aromatic carbocycles. The van der Waals surface area contributed by atoms with Crippen LogP contribution in [0.5, 0.6) is 5.75 Å². The van der Waals surface area contributed by atoms with Crippen molar-refractivity contribution in [2.75, 3.05) is 18.2 Å². The zero-order valence-electron chi connectivity index (χ0n) is 14.7. The third-order valence-corrected chi connectivity index (χ3v) is 5.38. The number of hydrogen-bond donors (Lipinski definition) is 1. The van der Waals surface area contributed by atoms with E-state index >= 15 is 0 Å². The van der Waals surface area contributed by atoms with E-state index in [1.807, 2.05) is 35.9 Å². The number of carbonyl (C=O) groups is 1. The van der Waals surface area contributed by atoms with Crippen LogP contribution < -0.4 is 10.1 Å². The lowest BCUT2D eigenvalue weighted by Crippen LogP contribution is -2.15. The number of nitrogens with one attached hydrogen (secondary N) is 1. The minimum atomic E-state index is -0.170. The summed E-state index contributed by atoms with van der Waals surface area (Å²) in [7, 11) is 3.46. The van der Waals surface area contributed by atoms with Crippen molar-refractivity contribution in [3.8, 4) is 17.0 Å². The molecule has 3 rings (SSSR count). The Kier molecular flexibility index (Phi) is 6.31. The van der Waals surface area contributed by atoms with Crippen LogP contribution in [0.25, 0.3) is 11.3 Å². The largest absolute Gasteiger partial charge is 0.495 e. The Labute approximate surface area is 171 Å². The average Bonchev–Trinajstić information content (AvgIpc) is 3.01. The summed E-state index contributed by atoms with van der Waals surface area (Å²) in [6.07, 6.45) is 1.78. The highest BCUT2D eigenvalue weighted by Gasteiger charge is 2.13. The molecule has 0 unspecified atom stereocenters. The fraction of sp³-hybridized carbons (Fsp3) is 0.158. The molecule has 0 aliphatic carbocycles. The predicted molar refractivity (Wildman–Crippen MR) is 111 cm³/mol. The van der Waals surface area contributed by atoms with E-state index in [2.05, 4.69) is 10.3 Å². The van der Waals surface area contributed by atoms with Crippen LogP contribution in [0.2, 0.25) is 10.0 Å². The van der Waals surface area contributed by atoms with Crippen molar-refractivity contribution < 1.29 is 9.53 Å². The molecule has 0 atom stereocenters. The third kappa shape index (κ3) is 4.77. The molecule has 0 spiro atoms. The van der Waals surface area contributed by atoms with E-state index in [0.29, 0.717) is 21.5 Å². The quantitative estimate of drug-likeness (QED) is 0.560. The summed E-state index contributed by atoms with van der Waals surface area (Å²) in [5, 5.41) is 4.77. The van der Waals surface area contributed by atoms with Crippen molar-refractivity contribution in [2.24, 2.45) is 7.05 Å². The van der Waals surface area contributed by atoms with Crippen molar-refractivity contribution in [3.05, 3.63) is 58.7 Å². The zero-order chi connectivity index (χ0) is 19.4. The number of ether oxygens (including phenoxy) is 1. The van der Waals surface area contributed by atoms with Gasteiger partial charge >= 0.3 is 0 Å². The number of amides is 1. The minimum absolute atomic E-state index is 0.170. The number of aromatic nitrogens is 2. The van der Waals surface area contributed by atoms with Gasteiger partial charge in [-0.1, -0.05) is 47.1 Å². The number of anilines is 1. The summed E-state index contributed by atoms with van der Waals surface area (Å²) in [4.78, 5) is 16.7. The Bertz CT molecular complexity index is 958. The SMILES string of the molecule is COc1ccc(Cl)cc1NC(=O)CSc1ncc(-c2ccc(Cl)cc2)n1C. The lowest BCUT2D eigenvalue weighted by atomic mass is 10.2. The van der Waals surface area contributed by atoms with Gasteiger partial charge in [0.05, 0.1) is 30.4 Å². The van der Waals surface area contributed by atoms with E-state index in [1.165, 1.54) is 11.8 Å². The van der Waals surface area contributed by atoms with Gasteiger partial charge in [0.2, 0.25) is 5.91 Å². The van der Waals surface area contributed by atoms with E-state index in [9.17, 15) is 4.79 Å². The lowest BCUT2D eigenvalue weighted by molar-refractivity contribution is -0.113. The van der Waals surface area contributed by atoms with E-state index in [0.717, 1.165) is 16.4 Å². The summed E-state index contributed by atoms with van der Waals surface area (Å²) in [6, 6.07) is 12.6. The molecule has 5 nitrogen and oxygen atoms in total. The fourth-order valence-electron chi connectivity index (χ4n) is 2.51. The van der Waals surface area contributed by atoms with Gasteiger partial charge in [0.25, 0.3) is 0 Å². The second-order valence-corrected chi connectivity index (χ2v) is 7.49. The standard InChI is InChI=1S/C19H17Cl2N3O2S/c1-24-16(12-3-5-13(20)6-4-12)10-22-19(24)27-11-18(25)23-15-9-14(21)7-8-17(15)26-2/h3-10H,11H2,1-2H3,(H,23,25). The number of carbonyl (C=O) groups excluding carboxylic acids is 1. The Morgan fingerprint density at radius 3 is 2.59 bits per heavy atom. The van der Waals surface area contributed by atoms with Crippen LogP contribution in [0, 0.1) is 0 Å². The highest BCUT2D eigenvalue weighted by atomic mass is 35.5. The molecule has 1 N–H and O–H groups in total. The highest BCUT2D eigenvalue weighted by molar-refractivity contribution is 7.99. The van der Waals surface area contributed by atoms with Gasteiger partial charge in [-0.25, -0.2) is 4.98 Å². The van der Waals surface area contributed by atoms with Crippen molar-refractivity contribution in [1.29, 1.82) is 0 Å². The van der Waals surface area contributed by atoms with Gasteiger partial charge in [-0.05, 0) is 35.9 Å². The first-order valence-electron chi connectivity index (χ1n) is 8.02. The molecule has 0 aliphatic heterocycles. The van der Waals surface area contributed by atoms with E-state index in [4.69, 9.17) is 27.9 Å². The highest BCUT2D eigenvalue weighted by Crippen LogP contribution is 2.29. The number of thioether (sulfide) groups is 1. The molecule has 0 aliphatic rings. The van der Waals surface area contributed by atoms with Gasteiger partial charge in [0, 0.05) is 17.1 Å². The van der Waals surface area contributed by atoms with E-state index < -0.39 is 0 Å². The molecule has 0 saturated carbocycles. The fourth-order valence-corrected chi connectivity index (χ4v) is 3.56.